The molecule has 0 saturated carbocycles. The Kier molecular flexibility index (Phi) is 173. The molecule has 0 heterocycles. The van der Waals surface area contributed by atoms with E-state index < -0.39 is 0 Å². The zero-order valence-corrected chi connectivity index (χ0v) is 5.13. The molecule has 2 radical (unpaired) electrons. The molecule has 4 heavy (non-hydrogen) atoms. The second-order valence-electron chi connectivity index (χ2n) is 0. The molecular weight excluding hydrogens is 189 g/mol. The standard InChI is InChI=1S/ClH.2H2O.Sb/h1H;2*1H2;/q;;;+1/p-1. The van der Waals surface area contributed by atoms with Gasteiger partial charge in [0.1, 0.15) is 0 Å². The van der Waals surface area contributed by atoms with E-state index in [-0.39, 0.29) is 11.0 Å². The SMILES string of the molecule is O.O.[Cl][Sb]. The van der Waals surface area contributed by atoms with Crippen LogP contribution in [0.4, 0.5) is 0 Å². The number of hydrogen-bond acceptors (Lipinski definition) is 0. The van der Waals surface area contributed by atoms with E-state index >= 15 is 0 Å². The fourth-order valence-corrected chi connectivity index (χ4v) is 0. The fraction of sp³-hybridized carbons (Fsp3) is 0. The predicted molar refractivity (Wildman–Crippen MR) is 18.8 cm³/mol. The van der Waals surface area contributed by atoms with Gasteiger partial charge >= 0.3 is 30.7 Å². The van der Waals surface area contributed by atoms with Crippen LogP contribution in [0.5, 0.6) is 0 Å². The summed E-state index contributed by atoms with van der Waals surface area (Å²) in [5, 5.41) is 0. The molecule has 0 bridgehead atoms. The van der Waals surface area contributed by atoms with Crippen LogP contribution in [-0.2, 0) is 0 Å². The second kappa shape index (κ2) is 34.9. The third-order valence-electron chi connectivity index (χ3n) is 0. The Morgan fingerprint density at radius 1 is 1.00 bits per heavy atom. The molecule has 0 aromatic carbocycles. The van der Waals surface area contributed by atoms with Crippen molar-refractivity contribution in [2.45, 2.75) is 0 Å². The molecule has 0 spiro atoms. The van der Waals surface area contributed by atoms with Gasteiger partial charge in [0.2, 0.25) is 0 Å². The Morgan fingerprint density at radius 2 is 1.00 bits per heavy atom. The van der Waals surface area contributed by atoms with Gasteiger partial charge in [0.15, 0.2) is 0 Å². The van der Waals surface area contributed by atoms with Crippen molar-refractivity contribution in [2.75, 3.05) is 0 Å². The van der Waals surface area contributed by atoms with Crippen molar-refractivity contribution < 1.29 is 11.0 Å². The van der Waals surface area contributed by atoms with E-state index in [1.165, 1.54) is 21.9 Å². The zero-order valence-electron chi connectivity index (χ0n) is 1.83. The summed E-state index contributed by atoms with van der Waals surface area (Å²) in [5.74, 6) is 0. The molecule has 0 aliphatic carbocycles. The minimum atomic E-state index is 0. The van der Waals surface area contributed by atoms with Crippen molar-refractivity contribution in [1.82, 2.24) is 0 Å². The van der Waals surface area contributed by atoms with Crippen molar-refractivity contribution in [3.05, 3.63) is 0 Å². The molecule has 0 rings (SSSR count). The number of rotatable bonds is 0. The molecule has 0 aliphatic rings. The van der Waals surface area contributed by atoms with Crippen LogP contribution >= 0.6 is 8.83 Å². The average Bonchev–Trinajstić information content (AvgIpc) is 1.00. The van der Waals surface area contributed by atoms with Crippen LogP contribution in [0.25, 0.3) is 0 Å². The molecule has 0 unspecified atom stereocenters. The number of hydrogen-bond donors (Lipinski definition) is 0. The molecule has 0 aromatic rings. The third-order valence-corrected chi connectivity index (χ3v) is 0. The van der Waals surface area contributed by atoms with Crippen LogP contribution in [0, 0.1) is 0 Å². The van der Waals surface area contributed by atoms with Crippen molar-refractivity contribution in [1.29, 1.82) is 0 Å². The molecule has 4 N–H and O–H groups in total. The number of halogens is 1. The Hall–Kier alpha value is 1.03. The van der Waals surface area contributed by atoms with E-state index in [1.54, 1.807) is 0 Å². The monoisotopic (exact) mass is 192 g/mol. The summed E-state index contributed by atoms with van der Waals surface area (Å²) in [4.78, 5) is 0. The molecule has 4 heteroatoms. The van der Waals surface area contributed by atoms with Gasteiger partial charge < -0.3 is 11.0 Å². The van der Waals surface area contributed by atoms with E-state index in [4.69, 9.17) is 0 Å². The van der Waals surface area contributed by atoms with Gasteiger partial charge in [0.05, 0.1) is 0 Å². The van der Waals surface area contributed by atoms with Crippen LogP contribution in [0.15, 0.2) is 0 Å². The Morgan fingerprint density at radius 3 is 1.00 bits per heavy atom. The molecule has 0 aromatic heterocycles. The second-order valence-corrected chi connectivity index (χ2v) is 0. The third kappa shape index (κ3) is 11.8. The Labute approximate surface area is 41.9 Å². The van der Waals surface area contributed by atoms with Gasteiger partial charge in [-0.05, 0) is 0 Å². The fourth-order valence-electron chi connectivity index (χ4n) is 0. The van der Waals surface area contributed by atoms with E-state index in [1.807, 2.05) is 0 Å². The van der Waals surface area contributed by atoms with Gasteiger partial charge in [0.25, 0.3) is 0 Å². The first-order chi connectivity index (χ1) is 1.00. The van der Waals surface area contributed by atoms with Crippen molar-refractivity contribution in [3.8, 4) is 0 Å². The van der Waals surface area contributed by atoms with Gasteiger partial charge in [-0.2, -0.15) is 0 Å². The van der Waals surface area contributed by atoms with Crippen molar-refractivity contribution >= 4 is 30.7 Å². The molecule has 0 saturated heterocycles. The van der Waals surface area contributed by atoms with E-state index in [0.29, 0.717) is 0 Å². The average molecular weight is 193 g/mol. The van der Waals surface area contributed by atoms with Crippen LogP contribution in [-0.4, -0.2) is 32.8 Å². The summed E-state index contributed by atoms with van der Waals surface area (Å²) in [6, 6.07) is 0. The summed E-state index contributed by atoms with van der Waals surface area (Å²) in [6.07, 6.45) is 0. The predicted octanol–water partition coefficient (Wildman–Crippen LogP) is -1.34. The summed E-state index contributed by atoms with van der Waals surface area (Å²) >= 11 is 1.22. The van der Waals surface area contributed by atoms with Gasteiger partial charge in [-0.25, -0.2) is 0 Å². The van der Waals surface area contributed by atoms with Crippen LogP contribution in [0.3, 0.4) is 0 Å². The summed E-state index contributed by atoms with van der Waals surface area (Å²) in [5.41, 5.74) is 0. The van der Waals surface area contributed by atoms with Gasteiger partial charge in [-0.15, -0.1) is 0 Å². The van der Waals surface area contributed by atoms with Crippen LogP contribution in [0.2, 0.25) is 0 Å². The van der Waals surface area contributed by atoms with E-state index in [9.17, 15) is 0 Å². The normalized spacial score (nSPS) is 1.50. The van der Waals surface area contributed by atoms with Gasteiger partial charge in [-0.3, -0.25) is 0 Å². The molecule has 0 aliphatic heterocycles. The first-order valence-corrected chi connectivity index (χ1v) is 3.40. The van der Waals surface area contributed by atoms with E-state index in [0.717, 1.165) is 0 Å². The molecule has 0 atom stereocenters. The topological polar surface area (TPSA) is 63.0 Å². The minimum absolute atomic E-state index is 0. The molecule has 2 nitrogen and oxygen atoms in total. The quantitative estimate of drug-likeness (QED) is 0.427. The Balaban J connectivity index is -0.00000000500. The summed E-state index contributed by atoms with van der Waals surface area (Å²) in [6.45, 7) is 0. The van der Waals surface area contributed by atoms with E-state index in [2.05, 4.69) is 8.83 Å². The first-order valence-electron chi connectivity index (χ1n) is 0.169. The molecule has 28 valence electrons. The van der Waals surface area contributed by atoms with Gasteiger partial charge in [-0.1, -0.05) is 0 Å². The first kappa shape index (κ1) is 19.8. The summed E-state index contributed by atoms with van der Waals surface area (Å²) in [7, 11) is 4.69. The van der Waals surface area contributed by atoms with Gasteiger partial charge in [0, 0.05) is 0 Å². The molecule has 0 amide bonds. The Bertz CT molecular complexity index is 6.00. The molecular formula is H4ClO2Sb. The van der Waals surface area contributed by atoms with Crippen molar-refractivity contribution in [3.63, 3.8) is 0 Å². The van der Waals surface area contributed by atoms with Crippen LogP contribution < -0.4 is 0 Å². The maximum absolute atomic E-state index is 4.69. The van der Waals surface area contributed by atoms with Crippen molar-refractivity contribution in [2.24, 2.45) is 0 Å². The van der Waals surface area contributed by atoms with Crippen LogP contribution in [0.1, 0.15) is 0 Å². The zero-order chi connectivity index (χ0) is 2.00. The molecule has 0 fully saturated rings. The maximum atomic E-state index is 4.69. The summed E-state index contributed by atoms with van der Waals surface area (Å²) < 4.78 is 0.